The van der Waals surface area contributed by atoms with Crippen LogP contribution in [-0.2, 0) is 4.74 Å². The van der Waals surface area contributed by atoms with Gasteiger partial charge in [0.15, 0.2) is 0 Å². The number of hydrogen-bond acceptors (Lipinski definition) is 4. The number of nitrogens with zero attached hydrogens (tertiary/aromatic N) is 1. The molecular formula is C15H15NO4. The van der Waals surface area contributed by atoms with Gasteiger partial charge in [-0.1, -0.05) is 24.3 Å². The lowest BCUT2D eigenvalue weighted by Crippen LogP contribution is -2.56. The van der Waals surface area contributed by atoms with Gasteiger partial charge in [0.05, 0.1) is 24.8 Å². The Bertz CT molecular complexity index is 594. The summed E-state index contributed by atoms with van der Waals surface area (Å²) >= 11 is 0. The zero-order valence-electron chi connectivity index (χ0n) is 11.0. The zero-order valence-corrected chi connectivity index (χ0v) is 11.0. The third kappa shape index (κ3) is 2.44. The number of carboxylic acid groups (broad SMARTS) is 1. The molecule has 1 heterocycles. The molecule has 1 fully saturated rings. The summed E-state index contributed by atoms with van der Waals surface area (Å²) in [4.78, 5) is 10.9. The van der Waals surface area contributed by atoms with E-state index in [1.54, 1.807) is 25.1 Å². The molecule has 2 rings (SSSR count). The van der Waals surface area contributed by atoms with Gasteiger partial charge in [-0.25, -0.2) is 4.79 Å². The fourth-order valence-corrected chi connectivity index (χ4v) is 1.97. The van der Waals surface area contributed by atoms with E-state index in [2.05, 4.69) is 6.07 Å². The van der Waals surface area contributed by atoms with Gasteiger partial charge in [-0.3, -0.25) is 0 Å². The number of hydrogen-bond donors (Lipinski definition) is 2. The second kappa shape index (κ2) is 5.08. The number of aliphatic hydroxyl groups is 1. The largest absolute Gasteiger partial charge is 0.478 e. The highest BCUT2D eigenvalue weighted by Gasteiger charge is 2.52. The van der Waals surface area contributed by atoms with Crippen LogP contribution in [-0.4, -0.2) is 35.0 Å². The molecule has 1 aliphatic rings. The van der Waals surface area contributed by atoms with E-state index in [0.29, 0.717) is 5.56 Å². The molecule has 1 aliphatic heterocycles. The van der Waals surface area contributed by atoms with Crippen molar-refractivity contribution < 1.29 is 19.7 Å². The molecule has 5 heteroatoms. The fourth-order valence-electron chi connectivity index (χ4n) is 1.97. The highest BCUT2D eigenvalue weighted by atomic mass is 16.5. The van der Waals surface area contributed by atoms with E-state index < -0.39 is 17.0 Å². The van der Waals surface area contributed by atoms with Crippen LogP contribution >= 0.6 is 0 Å². The topological polar surface area (TPSA) is 90.5 Å². The molecule has 0 radical (unpaired) electrons. The van der Waals surface area contributed by atoms with E-state index in [-0.39, 0.29) is 18.8 Å². The molecule has 1 atom stereocenters. The van der Waals surface area contributed by atoms with Crippen LogP contribution in [0.1, 0.15) is 22.8 Å². The van der Waals surface area contributed by atoms with Crippen molar-refractivity contribution in [3.05, 3.63) is 41.5 Å². The van der Waals surface area contributed by atoms with Crippen molar-refractivity contribution in [3.63, 3.8) is 0 Å². The highest BCUT2D eigenvalue weighted by molar-refractivity contribution is 5.88. The Morgan fingerprint density at radius 3 is 2.75 bits per heavy atom. The first-order valence-electron chi connectivity index (χ1n) is 6.14. The zero-order chi connectivity index (χ0) is 14.8. The smallest absolute Gasteiger partial charge is 0.335 e. The van der Waals surface area contributed by atoms with E-state index in [0.717, 1.165) is 0 Å². The molecule has 0 unspecified atom stereocenters. The summed E-state index contributed by atoms with van der Waals surface area (Å²) in [6.45, 7) is 1.93. The van der Waals surface area contributed by atoms with Crippen molar-refractivity contribution >= 4 is 12.0 Å². The molecule has 2 N–H and O–H groups in total. The van der Waals surface area contributed by atoms with Crippen molar-refractivity contribution in [1.29, 1.82) is 5.26 Å². The lowest BCUT2D eigenvalue weighted by atomic mass is 9.72. The minimum absolute atomic E-state index is 0.175. The first-order chi connectivity index (χ1) is 9.40. The Balaban J connectivity index is 2.23. The van der Waals surface area contributed by atoms with Crippen LogP contribution < -0.4 is 0 Å². The van der Waals surface area contributed by atoms with E-state index in [9.17, 15) is 15.2 Å². The number of benzene rings is 1. The van der Waals surface area contributed by atoms with Gasteiger partial charge in [0.25, 0.3) is 0 Å². The lowest BCUT2D eigenvalue weighted by Gasteiger charge is -2.44. The average Bonchev–Trinajstić information content (AvgIpc) is 2.36. The van der Waals surface area contributed by atoms with Crippen molar-refractivity contribution in [2.45, 2.75) is 12.5 Å². The summed E-state index contributed by atoms with van der Waals surface area (Å²) in [5.41, 5.74) is -1.44. The Morgan fingerprint density at radius 1 is 1.55 bits per heavy atom. The SMILES string of the molecule is C[C@@](O)(/C=C/c1cccc(C(=O)O)c1)C1(C#N)COC1. The third-order valence-corrected chi connectivity index (χ3v) is 3.61. The van der Waals surface area contributed by atoms with Gasteiger partial charge in [-0.2, -0.15) is 5.26 Å². The maximum Gasteiger partial charge on any atom is 0.335 e. The molecule has 1 aromatic carbocycles. The summed E-state index contributed by atoms with van der Waals surface area (Å²) in [5, 5.41) is 28.5. The molecule has 0 aliphatic carbocycles. The van der Waals surface area contributed by atoms with E-state index in [4.69, 9.17) is 9.84 Å². The van der Waals surface area contributed by atoms with Crippen LogP contribution in [0.4, 0.5) is 0 Å². The fraction of sp³-hybridized carbons (Fsp3) is 0.333. The van der Waals surface area contributed by atoms with Crippen LogP contribution in [0.5, 0.6) is 0 Å². The number of carboxylic acids is 1. The van der Waals surface area contributed by atoms with Crippen molar-refractivity contribution in [3.8, 4) is 6.07 Å². The maximum absolute atomic E-state index is 10.9. The quantitative estimate of drug-likeness (QED) is 0.871. The minimum atomic E-state index is -1.33. The molecular weight excluding hydrogens is 258 g/mol. The van der Waals surface area contributed by atoms with Gasteiger partial charge in [0, 0.05) is 0 Å². The van der Waals surface area contributed by atoms with Gasteiger partial charge < -0.3 is 14.9 Å². The first kappa shape index (κ1) is 14.3. The van der Waals surface area contributed by atoms with Crippen molar-refractivity contribution in [1.82, 2.24) is 0 Å². The number of aromatic carboxylic acids is 1. The van der Waals surface area contributed by atoms with Gasteiger partial charge in [0.2, 0.25) is 0 Å². The van der Waals surface area contributed by atoms with Crippen LogP contribution in [0.2, 0.25) is 0 Å². The molecule has 1 saturated heterocycles. The number of carbonyl (C=O) groups is 1. The summed E-state index contributed by atoms with van der Waals surface area (Å²) in [6.07, 6.45) is 3.13. The van der Waals surface area contributed by atoms with Gasteiger partial charge in [-0.05, 0) is 24.6 Å². The highest BCUT2D eigenvalue weighted by Crippen LogP contribution is 2.39. The molecule has 0 amide bonds. The predicted octanol–water partition coefficient (Wildman–Crippen LogP) is 1.69. The second-order valence-electron chi connectivity index (χ2n) is 5.10. The molecule has 0 aromatic heterocycles. The van der Waals surface area contributed by atoms with Crippen LogP contribution in [0, 0.1) is 16.7 Å². The Hall–Kier alpha value is -2.16. The number of nitriles is 1. The van der Waals surface area contributed by atoms with Crippen LogP contribution in [0.3, 0.4) is 0 Å². The monoisotopic (exact) mass is 273 g/mol. The minimum Gasteiger partial charge on any atom is -0.478 e. The molecule has 104 valence electrons. The molecule has 1 aromatic rings. The summed E-state index contributed by atoms with van der Waals surface area (Å²) in [5.74, 6) is -1.01. The average molecular weight is 273 g/mol. The summed E-state index contributed by atoms with van der Waals surface area (Å²) in [6, 6.07) is 8.46. The van der Waals surface area contributed by atoms with Crippen molar-refractivity contribution in [2.24, 2.45) is 5.41 Å². The van der Waals surface area contributed by atoms with Gasteiger partial charge in [-0.15, -0.1) is 0 Å². The summed E-state index contributed by atoms with van der Waals surface area (Å²) < 4.78 is 5.02. The van der Waals surface area contributed by atoms with E-state index in [1.807, 2.05) is 0 Å². The Labute approximate surface area is 116 Å². The standard InChI is InChI=1S/C15H15NO4/c1-14(19,15(8-16)9-20-10-15)6-5-11-3-2-4-12(7-11)13(17)18/h2-7,19H,9-10H2,1H3,(H,17,18)/b6-5+/t14-/m1/s1. The van der Waals surface area contributed by atoms with Crippen LogP contribution in [0.25, 0.3) is 6.08 Å². The second-order valence-corrected chi connectivity index (χ2v) is 5.10. The van der Waals surface area contributed by atoms with E-state index in [1.165, 1.54) is 18.2 Å². The first-order valence-corrected chi connectivity index (χ1v) is 6.14. The molecule has 0 spiro atoms. The maximum atomic E-state index is 10.9. The predicted molar refractivity (Wildman–Crippen MR) is 71.9 cm³/mol. The number of ether oxygens (including phenoxy) is 1. The number of rotatable bonds is 4. The lowest BCUT2D eigenvalue weighted by molar-refractivity contribution is -0.162. The van der Waals surface area contributed by atoms with Crippen molar-refractivity contribution in [2.75, 3.05) is 13.2 Å². The molecule has 20 heavy (non-hydrogen) atoms. The molecule has 0 saturated carbocycles. The molecule has 0 bridgehead atoms. The van der Waals surface area contributed by atoms with Gasteiger partial charge in [0.1, 0.15) is 11.0 Å². The normalized spacial score (nSPS) is 19.9. The van der Waals surface area contributed by atoms with Gasteiger partial charge >= 0.3 is 5.97 Å². The Kier molecular flexibility index (Phi) is 3.62. The van der Waals surface area contributed by atoms with E-state index >= 15 is 0 Å². The molecule has 5 nitrogen and oxygen atoms in total. The van der Waals surface area contributed by atoms with Crippen LogP contribution in [0.15, 0.2) is 30.3 Å². The summed E-state index contributed by atoms with van der Waals surface area (Å²) in [7, 11) is 0. The Morgan fingerprint density at radius 2 is 2.25 bits per heavy atom. The third-order valence-electron chi connectivity index (χ3n) is 3.61.